The van der Waals surface area contributed by atoms with Crippen LogP contribution in [-0.4, -0.2) is 17.7 Å². The predicted molar refractivity (Wildman–Crippen MR) is 82.9 cm³/mol. The van der Waals surface area contributed by atoms with Crippen LogP contribution in [0.5, 0.6) is 5.75 Å². The number of hydrogen-bond acceptors (Lipinski definition) is 3. The van der Waals surface area contributed by atoms with E-state index >= 15 is 0 Å². The molecule has 0 aliphatic rings. The molecule has 0 fully saturated rings. The molecule has 0 atom stereocenters. The number of rotatable bonds is 2. The van der Waals surface area contributed by atoms with Crippen molar-refractivity contribution in [3.63, 3.8) is 0 Å². The van der Waals surface area contributed by atoms with E-state index in [-0.39, 0.29) is 0 Å². The lowest BCUT2D eigenvalue weighted by Gasteiger charge is -2.13. The summed E-state index contributed by atoms with van der Waals surface area (Å²) >= 11 is 0. The summed E-state index contributed by atoms with van der Waals surface area (Å²) in [6, 6.07) is 18.1. The lowest BCUT2D eigenvalue weighted by Crippen LogP contribution is -2.12. The largest absolute Gasteiger partial charge is 0.424 e. The molecule has 0 bridgehead atoms. The van der Waals surface area contributed by atoms with E-state index in [0.29, 0.717) is 5.75 Å². The summed E-state index contributed by atoms with van der Waals surface area (Å²) in [5, 5.41) is 15.5. The highest BCUT2D eigenvalue weighted by atomic mass is 16.5. The molecule has 0 aliphatic carbocycles. The number of aliphatic hydroxyl groups is 1. The molecule has 0 spiro atoms. The van der Waals surface area contributed by atoms with Crippen LogP contribution in [0.25, 0.3) is 32.3 Å². The quantitative estimate of drug-likeness (QED) is 0.346. The highest BCUT2D eigenvalue weighted by Crippen LogP contribution is 2.38. The summed E-state index contributed by atoms with van der Waals surface area (Å²) in [6.07, 6.45) is 0. The highest BCUT2D eigenvalue weighted by molar-refractivity contribution is 6.24. The first kappa shape index (κ1) is 12.1. The molecule has 102 valence electrons. The summed E-state index contributed by atoms with van der Waals surface area (Å²) in [4.78, 5) is 11.4. The number of aliphatic hydroxyl groups excluding tert-OH is 1. The molecule has 4 aromatic carbocycles. The molecule has 0 aliphatic heterocycles. The van der Waals surface area contributed by atoms with Gasteiger partial charge in [-0.2, -0.15) is 0 Å². The maximum Gasteiger partial charge on any atom is 0.337 e. The number of ether oxygens (including phenoxy) is 1. The fraction of sp³-hybridized carbons (Fsp3) is 0.0556. The van der Waals surface area contributed by atoms with Gasteiger partial charge in [0.1, 0.15) is 12.4 Å². The smallest absolute Gasteiger partial charge is 0.337 e. The van der Waals surface area contributed by atoms with E-state index in [1.54, 1.807) is 6.07 Å². The Morgan fingerprint density at radius 2 is 1.48 bits per heavy atom. The van der Waals surface area contributed by atoms with E-state index in [2.05, 4.69) is 24.3 Å². The summed E-state index contributed by atoms with van der Waals surface area (Å²) in [6.45, 7) is -0.623. The normalized spacial score (nSPS) is 11.5. The van der Waals surface area contributed by atoms with Crippen LogP contribution in [0, 0.1) is 0 Å². The van der Waals surface area contributed by atoms with Crippen molar-refractivity contribution in [2.45, 2.75) is 0 Å². The Bertz CT molecular complexity index is 956. The fourth-order valence-corrected chi connectivity index (χ4v) is 2.95. The third-order valence-corrected chi connectivity index (χ3v) is 3.84. The van der Waals surface area contributed by atoms with Gasteiger partial charge in [0.05, 0.1) is 0 Å². The summed E-state index contributed by atoms with van der Waals surface area (Å²) in [7, 11) is 0. The molecule has 1 N–H and O–H groups in total. The van der Waals surface area contributed by atoms with Crippen molar-refractivity contribution in [1.29, 1.82) is 0 Å². The van der Waals surface area contributed by atoms with E-state index in [1.807, 2.05) is 24.3 Å². The first-order valence-corrected chi connectivity index (χ1v) is 6.76. The van der Waals surface area contributed by atoms with Crippen LogP contribution in [0.4, 0.5) is 0 Å². The van der Waals surface area contributed by atoms with Gasteiger partial charge in [-0.1, -0.05) is 42.5 Å². The number of esters is 1. The van der Waals surface area contributed by atoms with Crippen LogP contribution in [0.2, 0.25) is 0 Å². The highest BCUT2D eigenvalue weighted by Gasteiger charge is 2.13. The van der Waals surface area contributed by atoms with Crippen molar-refractivity contribution >= 4 is 38.3 Å². The minimum atomic E-state index is -0.648. The molecule has 0 aromatic heterocycles. The molecular formula is C18H12O3. The first-order chi connectivity index (χ1) is 10.3. The molecule has 21 heavy (non-hydrogen) atoms. The van der Waals surface area contributed by atoms with Crippen molar-refractivity contribution in [3.8, 4) is 5.75 Å². The Balaban J connectivity index is 2.13. The van der Waals surface area contributed by atoms with Gasteiger partial charge in [0.15, 0.2) is 0 Å². The van der Waals surface area contributed by atoms with Gasteiger partial charge in [-0.15, -0.1) is 0 Å². The minimum Gasteiger partial charge on any atom is -0.424 e. The van der Waals surface area contributed by atoms with Gasteiger partial charge in [0, 0.05) is 10.8 Å². The Morgan fingerprint density at radius 3 is 2.19 bits per heavy atom. The van der Waals surface area contributed by atoms with E-state index < -0.39 is 12.6 Å². The fourth-order valence-electron chi connectivity index (χ4n) is 2.95. The summed E-state index contributed by atoms with van der Waals surface area (Å²) < 4.78 is 5.23. The maximum atomic E-state index is 11.4. The summed E-state index contributed by atoms with van der Waals surface area (Å²) in [5.41, 5.74) is 0. The lowest BCUT2D eigenvalue weighted by atomic mass is 9.94. The van der Waals surface area contributed by atoms with Gasteiger partial charge in [0.25, 0.3) is 0 Å². The van der Waals surface area contributed by atoms with Gasteiger partial charge in [0.2, 0.25) is 0 Å². The lowest BCUT2D eigenvalue weighted by molar-refractivity contribution is -0.137. The van der Waals surface area contributed by atoms with E-state index in [0.717, 1.165) is 26.9 Å². The topological polar surface area (TPSA) is 46.5 Å². The number of carbonyl (C=O) groups excluding carboxylic acids is 1. The Labute approximate surface area is 120 Å². The first-order valence-electron chi connectivity index (χ1n) is 6.76. The van der Waals surface area contributed by atoms with Crippen molar-refractivity contribution in [2.75, 3.05) is 6.61 Å². The van der Waals surface area contributed by atoms with Crippen LogP contribution < -0.4 is 4.74 Å². The standard InChI is InChI=1S/C18H12O3/c19-10-16(20)21-15-9-7-13-5-4-11-2-1-3-12-6-8-14(15)18(13)17(11)12/h1-9,19H,10H2. The van der Waals surface area contributed by atoms with Crippen molar-refractivity contribution in [1.82, 2.24) is 0 Å². The average Bonchev–Trinajstić information content (AvgIpc) is 2.53. The van der Waals surface area contributed by atoms with Crippen LogP contribution >= 0.6 is 0 Å². The second-order valence-corrected chi connectivity index (χ2v) is 5.05. The van der Waals surface area contributed by atoms with Crippen LogP contribution in [0.3, 0.4) is 0 Å². The molecular weight excluding hydrogens is 264 g/mol. The summed E-state index contributed by atoms with van der Waals surface area (Å²) in [5.74, 6) is -0.162. The number of benzene rings is 4. The Hall–Kier alpha value is -2.65. The van der Waals surface area contributed by atoms with Gasteiger partial charge in [-0.05, 0) is 33.7 Å². The van der Waals surface area contributed by atoms with Crippen molar-refractivity contribution in [3.05, 3.63) is 54.6 Å². The zero-order valence-corrected chi connectivity index (χ0v) is 11.2. The van der Waals surface area contributed by atoms with Crippen LogP contribution in [-0.2, 0) is 4.79 Å². The van der Waals surface area contributed by atoms with Crippen molar-refractivity contribution in [2.24, 2.45) is 0 Å². The van der Waals surface area contributed by atoms with Gasteiger partial charge in [-0.25, -0.2) is 4.79 Å². The van der Waals surface area contributed by atoms with E-state index in [1.165, 1.54) is 5.39 Å². The minimum absolute atomic E-state index is 0.486. The van der Waals surface area contributed by atoms with Crippen LogP contribution in [0.1, 0.15) is 0 Å². The van der Waals surface area contributed by atoms with Gasteiger partial charge in [-0.3, -0.25) is 0 Å². The van der Waals surface area contributed by atoms with Gasteiger partial charge < -0.3 is 9.84 Å². The molecule has 4 rings (SSSR count). The van der Waals surface area contributed by atoms with E-state index in [9.17, 15) is 4.79 Å². The average molecular weight is 276 g/mol. The molecule has 0 radical (unpaired) electrons. The number of carbonyl (C=O) groups is 1. The third-order valence-electron chi connectivity index (χ3n) is 3.84. The second-order valence-electron chi connectivity index (χ2n) is 5.05. The molecule has 0 saturated heterocycles. The zero-order valence-electron chi connectivity index (χ0n) is 11.2. The monoisotopic (exact) mass is 276 g/mol. The third kappa shape index (κ3) is 1.75. The molecule has 4 aromatic rings. The molecule has 3 heteroatoms. The maximum absolute atomic E-state index is 11.4. The molecule has 0 saturated carbocycles. The molecule has 0 heterocycles. The molecule has 0 amide bonds. The second kappa shape index (κ2) is 4.43. The van der Waals surface area contributed by atoms with E-state index in [4.69, 9.17) is 9.84 Å². The van der Waals surface area contributed by atoms with Crippen molar-refractivity contribution < 1.29 is 14.6 Å². The molecule has 3 nitrogen and oxygen atoms in total. The Morgan fingerprint density at radius 1 is 0.857 bits per heavy atom. The number of hydrogen-bond donors (Lipinski definition) is 1. The van der Waals surface area contributed by atoms with Crippen LogP contribution in [0.15, 0.2) is 54.6 Å². The Kier molecular flexibility index (Phi) is 2.56. The van der Waals surface area contributed by atoms with Gasteiger partial charge >= 0.3 is 5.97 Å². The SMILES string of the molecule is O=C(CO)Oc1ccc2ccc3cccc4ccc1c2c34. The molecule has 0 unspecified atom stereocenters. The zero-order chi connectivity index (χ0) is 14.4. The predicted octanol–water partition coefficient (Wildman–Crippen LogP) is 3.48.